The van der Waals surface area contributed by atoms with Crippen molar-refractivity contribution in [2.45, 2.75) is 77.0 Å². The second kappa shape index (κ2) is 5.13. The van der Waals surface area contributed by atoms with E-state index in [-0.39, 0.29) is 6.04 Å². The Labute approximate surface area is 88.1 Å². The summed E-state index contributed by atoms with van der Waals surface area (Å²) in [5, 5.41) is 13.4. The van der Waals surface area contributed by atoms with Crippen LogP contribution in [0.25, 0.3) is 0 Å². The number of aliphatic hydroxyl groups is 1. The Morgan fingerprint density at radius 3 is 2.07 bits per heavy atom. The van der Waals surface area contributed by atoms with Crippen molar-refractivity contribution in [1.29, 1.82) is 0 Å². The summed E-state index contributed by atoms with van der Waals surface area (Å²) in [6, 6.07) is 0.810. The zero-order valence-corrected chi connectivity index (χ0v) is 9.84. The van der Waals surface area contributed by atoms with E-state index < -0.39 is 5.60 Å². The van der Waals surface area contributed by atoms with Crippen LogP contribution < -0.4 is 5.32 Å². The van der Waals surface area contributed by atoms with Crippen LogP contribution in [0.1, 0.15) is 59.3 Å². The van der Waals surface area contributed by atoms with Crippen molar-refractivity contribution >= 4 is 0 Å². The molecule has 1 atom stereocenters. The summed E-state index contributed by atoms with van der Waals surface area (Å²) in [5.41, 5.74) is -0.605. The van der Waals surface area contributed by atoms with Gasteiger partial charge in [-0.05, 0) is 33.6 Å². The van der Waals surface area contributed by atoms with Crippen LogP contribution in [0.2, 0.25) is 0 Å². The van der Waals surface area contributed by atoms with Crippen LogP contribution >= 0.6 is 0 Å². The summed E-state index contributed by atoms with van der Waals surface area (Å²) < 4.78 is 0. The molecule has 0 spiro atoms. The Morgan fingerprint density at radius 2 is 1.64 bits per heavy atom. The molecule has 2 nitrogen and oxygen atoms in total. The van der Waals surface area contributed by atoms with Gasteiger partial charge in [0.25, 0.3) is 0 Å². The maximum atomic E-state index is 9.82. The molecule has 1 unspecified atom stereocenters. The van der Waals surface area contributed by atoms with Gasteiger partial charge in [0.05, 0.1) is 5.60 Å². The molecule has 84 valence electrons. The van der Waals surface area contributed by atoms with E-state index in [0.29, 0.717) is 6.04 Å². The quantitative estimate of drug-likeness (QED) is 0.684. The molecule has 0 aromatic rings. The highest BCUT2D eigenvalue weighted by Crippen LogP contribution is 2.19. The minimum Gasteiger partial charge on any atom is -0.389 e. The highest BCUT2D eigenvalue weighted by molar-refractivity contribution is 4.83. The van der Waals surface area contributed by atoms with Gasteiger partial charge < -0.3 is 10.4 Å². The highest BCUT2D eigenvalue weighted by atomic mass is 16.3. The molecule has 0 aliphatic heterocycles. The van der Waals surface area contributed by atoms with Gasteiger partial charge >= 0.3 is 0 Å². The van der Waals surface area contributed by atoms with Gasteiger partial charge in [-0.25, -0.2) is 0 Å². The lowest BCUT2D eigenvalue weighted by Crippen LogP contribution is -2.48. The van der Waals surface area contributed by atoms with E-state index in [1.807, 2.05) is 13.8 Å². The molecule has 0 amide bonds. The molecule has 1 rings (SSSR count). The van der Waals surface area contributed by atoms with Crippen molar-refractivity contribution in [3.05, 3.63) is 0 Å². The van der Waals surface area contributed by atoms with E-state index in [2.05, 4.69) is 12.2 Å². The molecule has 0 heterocycles. The molecule has 2 heteroatoms. The van der Waals surface area contributed by atoms with Crippen molar-refractivity contribution in [3.8, 4) is 0 Å². The molecule has 1 aliphatic carbocycles. The standard InChI is InChI=1S/C12H25NO/c1-10(12(2,3)14)13-11-8-6-4-5-7-9-11/h10-11,13-14H,4-9H2,1-3H3. The first kappa shape index (κ1) is 12.0. The molecular formula is C12H25NO. The SMILES string of the molecule is CC(NC1CCCCCC1)C(C)(C)O. The fourth-order valence-corrected chi connectivity index (χ4v) is 2.00. The second-order valence-electron chi connectivity index (χ2n) is 5.23. The molecular weight excluding hydrogens is 174 g/mol. The van der Waals surface area contributed by atoms with Gasteiger partial charge in [0.2, 0.25) is 0 Å². The van der Waals surface area contributed by atoms with Crippen LogP contribution in [-0.2, 0) is 0 Å². The molecule has 0 bridgehead atoms. The Kier molecular flexibility index (Phi) is 4.39. The molecule has 1 fully saturated rings. The van der Waals surface area contributed by atoms with E-state index in [9.17, 15) is 5.11 Å². The molecule has 0 aromatic heterocycles. The maximum absolute atomic E-state index is 9.82. The van der Waals surface area contributed by atoms with Crippen molar-refractivity contribution in [2.75, 3.05) is 0 Å². The summed E-state index contributed by atoms with van der Waals surface area (Å²) in [4.78, 5) is 0. The van der Waals surface area contributed by atoms with E-state index in [0.717, 1.165) is 0 Å². The first-order valence-corrected chi connectivity index (χ1v) is 5.98. The number of hydrogen-bond donors (Lipinski definition) is 2. The topological polar surface area (TPSA) is 32.3 Å². The van der Waals surface area contributed by atoms with E-state index >= 15 is 0 Å². The largest absolute Gasteiger partial charge is 0.389 e. The molecule has 14 heavy (non-hydrogen) atoms. The minimum absolute atomic E-state index is 0.186. The maximum Gasteiger partial charge on any atom is 0.0741 e. The highest BCUT2D eigenvalue weighted by Gasteiger charge is 2.24. The molecule has 2 N–H and O–H groups in total. The van der Waals surface area contributed by atoms with Gasteiger partial charge in [-0.15, -0.1) is 0 Å². The van der Waals surface area contributed by atoms with Gasteiger partial charge in [0, 0.05) is 12.1 Å². The van der Waals surface area contributed by atoms with Gasteiger partial charge in [-0.2, -0.15) is 0 Å². The first-order valence-electron chi connectivity index (χ1n) is 5.98. The van der Waals surface area contributed by atoms with E-state index in [4.69, 9.17) is 0 Å². The third-order valence-electron chi connectivity index (χ3n) is 3.40. The summed E-state index contributed by atoms with van der Waals surface area (Å²) in [6.07, 6.45) is 8.01. The van der Waals surface area contributed by atoms with Crippen molar-refractivity contribution in [2.24, 2.45) is 0 Å². The number of rotatable bonds is 3. The summed E-state index contributed by atoms with van der Waals surface area (Å²) in [6.45, 7) is 5.83. The Bertz CT molecular complexity index is 154. The number of hydrogen-bond acceptors (Lipinski definition) is 2. The molecule has 0 saturated heterocycles. The Balaban J connectivity index is 2.34. The predicted octanol–water partition coefficient (Wildman–Crippen LogP) is 2.46. The second-order valence-corrected chi connectivity index (χ2v) is 5.23. The lowest BCUT2D eigenvalue weighted by molar-refractivity contribution is 0.0390. The fraction of sp³-hybridized carbons (Fsp3) is 1.00. The Morgan fingerprint density at radius 1 is 1.14 bits per heavy atom. The third-order valence-corrected chi connectivity index (χ3v) is 3.40. The molecule has 0 radical (unpaired) electrons. The molecule has 1 saturated carbocycles. The zero-order valence-electron chi connectivity index (χ0n) is 9.84. The smallest absolute Gasteiger partial charge is 0.0741 e. The molecule has 0 aromatic carbocycles. The van der Waals surface area contributed by atoms with Gasteiger partial charge in [0.15, 0.2) is 0 Å². The van der Waals surface area contributed by atoms with Crippen molar-refractivity contribution in [3.63, 3.8) is 0 Å². The van der Waals surface area contributed by atoms with Crippen molar-refractivity contribution in [1.82, 2.24) is 5.32 Å². The lowest BCUT2D eigenvalue weighted by Gasteiger charge is -2.30. The van der Waals surface area contributed by atoms with E-state index in [1.165, 1.54) is 38.5 Å². The fourth-order valence-electron chi connectivity index (χ4n) is 2.00. The van der Waals surface area contributed by atoms with Crippen LogP contribution in [0.4, 0.5) is 0 Å². The van der Waals surface area contributed by atoms with Crippen LogP contribution in [0, 0.1) is 0 Å². The average molecular weight is 199 g/mol. The van der Waals surface area contributed by atoms with Crippen LogP contribution in [0.3, 0.4) is 0 Å². The summed E-state index contributed by atoms with van der Waals surface area (Å²) in [5.74, 6) is 0. The summed E-state index contributed by atoms with van der Waals surface area (Å²) >= 11 is 0. The first-order chi connectivity index (χ1) is 6.50. The summed E-state index contributed by atoms with van der Waals surface area (Å²) in [7, 11) is 0. The Hall–Kier alpha value is -0.0800. The number of nitrogens with one attached hydrogen (secondary N) is 1. The van der Waals surface area contributed by atoms with Gasteiger partial charge in [-0.1, -0.05) is 25.7 Å². The monoisotopic (exact) mass is 199 g/mol. The minimum atomic E-state index is -0.605. The third kappa shape index (κ3) is 3.97. The van der Waals surface area contributed by atoms with Gasteiger partial charge in [-0.3, -0.25) is 0 Å². The normalized spacial score (nSPS) is 23.1. The lowest BCUT2D eigenvalue weighted by atomic mass is 9.98. The van der Waals surface area contributed by atoms with Crippen molar-refractivity contribution < 1.29 is 5.11 Å². The van der Waals surface area contributed by atoms with Crippen LogP contribution in [0.5, 0.6) is 0 Å². The zero-order chi connectivity index (χ0) is 10.6. The predicted molar refractivity (Wildman–Crippen MR) is 60.4 cm³/mol. The molecule has 1 aliphatic rings. The van der Waals surface area contributed by atoms with Crippen LogP contribution in [0.15, 0.2) is 0 Å². The van der Waals surface area contributed by atoms with E-state index in [1.54, 1.807) is 0 Å². The average Bonchev–Trinajstić information content (AvgIpc) is 2.31. The van der Waals surface area contributed by atoms with Gasteiger partial charge in [0.1, 0.15) is 0 Å². The van der Waals surface area contributed by atoms with Crippen LogP contribution in [-0.4, -0.2) is 22.8 Å².